The lowest BCUT2D eigenvalue weighted by atomic mass is 10.2. The first-order chi connectivity index (χ1) is 13.1. The summed E-state index contributed by atoms with van der Waals surface area (Å²) in [5.41, 5.74) is 4.82. The summed E-state index contributed by atoms with van der Waals surface area (Å²) in [6.07, 6.45) is 5.48. The van der Waals surface area contributed by atoms with Crippen molar-refractivity contribution in [2.24, 2.45) is 7.05 Å². The van der Waals surface area contributed by atoms with E-state index in [2.05, 4.69) is 31.2 Å². The van der Waals surface area contributed by atoms with Crippen molar-refractivity contribution in [3.8, 4) is 11.3 Å². The molecule has 27 heavy (non-hydrogen) atoms. The molecule has 6 heteroatoms. The highest BCUT2D eigenvalue weighted by molar-refractivity contribution is 5.90. The van der Waals surface area contributed by atoms with Gasteiger partial charge in [0.15, 0.2) is 0 Å². The molecule has 0 radical (unpaired) electrons. The van der Waals surface area contributed by atoms with Crippen molar-refractivity contribution in [3.05, 3.63) is 67.1 Å². The number of nitrogens with one attached hydrogen (secondary N) is 2. The minimum atomic E-state index is -0.0987. The van der Waals surface area contributed by atoms with Crippen LogP contribution in [0.3, 0.4) is 0 Å². The van der Waals surface area contributed by atoms with Crippen molar-refractivity contribution >= 4 is 34.0 Å². The zero-order chi connectivity index (χ0) is 18.8. The quantitative estimate of drug-likeness (QED) is 0.570. The molecular formula is C21H19N5O. The molecule has 0 saturated heterocycles. The van der Waals surface area contributed by atoms with Gasteiger partial charge in [-0.25, -0.2) is 4.98 Å². The van der Waals surface area contributed by atoms with E-state index in [-0.39, 0.29) is 5.91 Å². The van der Waals surface area contributed by atoms with Gasteiger partial charge in [-0.15, -0.1) is 0 Å². The van der Waals surface area contributed by atoms with Gasteiger partial charge in [0.2, 0.25) is 5.91 Å². The average molecular weight is 357 g/mol. The van der Waals surface area contributed by atoms with Crippen molar-refractivity contribution in [3.63, 3.8) is 0 Å². The maximum absolute atomic E-state index is 11.2. The van der Waals surface area contributed by atoms with E-state index in [1.165, 1.54) is 6.92 Å². The number of anilines is 3. The van der Waals surface area contributed by atoms with Crippen LogP contribution in [0.1, 0.15) is 6.92 Å². The lowest BCUT2D eigenvalue weighted by molar-refractivity contribution is -0.114. The van der Waals surface area contributed by atoms with E-state index < -0.39 is 0 Å². The largest absolute Gasteiger partial charge is 0.343 e. The van der Waals surface area contributed by atoms with Gasteiger partial charge in [0, 0.05) is 61.0 Å². The zero-order valence-corrected chi connectivity index (χ0v) is 15.1. The normalized spacial score (nSPS) is 10.7. The Kier molecular flexibility index (Phi) is 4.30. The number of carbonyl (C=O) groups is 1. The molecule has 1 amide bonds. The first-order valence-electron chi connectivity index (χ1n) is 8.61. The van der Waals surface area contributed by atoms with Gasteiger partial charge in [-0.05, 0) is 36.4 Å². The fourth-order valence-electron chi connectivity index (χ4n) is 3.12. The molecule has 3 aromatic heterocycles. The SMILES string of the molecule is CC(=O)Nc1cccc(Nc2cc3c(cn2)cc(-c2cccnc2)n3C)c1. The molecule has 0 atom stereocenters. The number of rotatable bonds is 4. The Labute approximate surface area is 156 Å². The van der Waals surface area contributed by atoms with Gasteiger partial charge < -0.3 is 15.2 Å². The molecular weight excluding hydrogens is 338 g/mol. The van der Waals surface area contributed by atoms with Gasteiger partial charge >= 0.3 is 0 Å². The fourth-order valence-corrected chi connectivity index (χ4v) is 3.12. The molecule has 2 N–H and O–H groups in total. The van der Waals surface area contributed by atoms with Crippen LogP contribution in [-0.2, 0) is 11.8 Å². The third kappa shape index (κ3) is 3.50. The maximum atomic E-state index is 11.2. The highest BCUT2D eigenvalue weighted by atomic mass is 16.1. The van der Waals surface area contributed by atoms with Crippen LogP contribution in [-0.4, -0.2) is 20.4 Å². The van der Waals surface area contributed by atoms with Crippen molar-refractivity contribution in [1.82, 2.24) is 14.5 Å². The molecule has 0 aliphatic rings. The third-order valence-corrected chi connectivity index (χ3v) is 4.34. The molecule has 0 fully saturated rings. The van der Waals surface area contributed by atoms with E-state index in [0.29, 0.717) is 0 Å². The lowest BCUT2D eigenvalue weighted by Gasteiger charge is -2.09. The van der Waals surface area contributed by atoms with Crippen molar-refractivity contribution in [1.29, 1.82) is 0 Å². The second kappa shape index (κ2) is 6.92. The fraction of sp³-hybridized carbons (Fsp3) is 0.0952. The Bertz CT molecular complexity index is 1120. The summed E-state index contributed by atoms with van der Waals surface area (Å²) >= 11 is 0. The molecule has 1 aromatic carbocycles. The van der Waals surface area contributed by atoms with Crippen LogP contribution in [0.2, 0.25) is 0 Å². The summed E-state index contributed by atoms with van der Waals surface area (Å²) in [7, 11) is 2.03. The second-order valence-electron chi connectivity index (χ2n) is 6.35. The number of nitrogens with zero attached hydrogens (tertiary/aromatic N) is 3. The molecule has 0 bridgehead atoms. The second-order valence-corrected chi connectivity index (χ2v) is 6.35. The number of hydrogen-bond acceptors (Lipinski definition) is 4. The van der Waals surface area contributed by atoms with Crippen LogP contribution in [0.5, 0.6) is 0 Å². The van der Waals surface area contributed by atoms with E-state index in [0.717, 1.165) is 39.4 Å². The molecule has 134 valence electrons. The topological polar surface area (TPSA) is 71.8 Å². The van der Waals surface area contributed by atoms with Crippen LogP contribution in [0.25, 0.3) is 22.2 Å². The van der Waals surface area contributed by atoms with E-state index >= 15 is 0 Å². The number of aryl methyl sites for hydroxylation is 1. The van der Waals surface area contributed by atoms with E-state index in [9.17, 15) is 4.79 Å². The molecule has 0 aliphatic heterocycles. The molecule has 0 spiro atoms. The highest BCUT2D eigenvalue weighted by Crippen LogP contribution is 2.28. The molecule has 4 rings (SSSR count). The third-order valence-electron chi connectivity index (χ3n) is 4.34. The van der Waals surface area contributed by atoms with Gasteiger partial charge in [-0.1, -0.05) is 6.07 Å². The summed E-state index contributed by atoms with van der Waals surface area (Å²) in [6.45, 7) is 1.49. The summed E-state index contributed by atoms with van der Waals surface area (Å²) in [5.74, 6) is 0.639. The summed E-state index contributed by atoms with van der Waals surface area (Å²) in [5, 5.41) is 7.14. The Balaban J connectivity index is 1.66. The Morgan fingerprint density at radius 1 is 1.04 bits per heavy atom. The Hall–Kier alpha value is -3.67. The Morgan fingerprint density at radius 3 is 2.67 bits per heavy atom. The van der Waals surface area contributed by atoms with Gasteiger partial charge in [0.05, 0.1) is 11.2 Å². The molecule has 3 heterocycles. The van der Waals surface area contributed by atoms with Gasteiger partial charge in [-0.2, -0.15) is 0 Å². The first-order valence-corrected chi connectivity index (χ1v) is 8.61. The van der Waals surface area contributed by atoms with E-state index in [1.54, 1.807) is 6.20 Å². The van der Waals surface area contributed by atoms with Gasteiger partial charge in [0.25, 0.3) is 0 Å². The monoisotopic (exact) mass is 357 g/mol. The predicted octanol–water partition coefficient (Wildman–Crippen LogP) is 4.34. The summed E-state index contributed by atoms with van der Waals surface area (Å²) in [4.78, 5) is 20.0. The molecule has 0 unspecified atom stereocenters. The summed E-state index contributed by atoms with van der Waals surface area (Å²) in [6, 6.07) is 15.6. The van der Waals surface area contributed by atoms with E-state index in [1.807, 2.05) is 61.9 Å². The number of benzene rings is 1. The number of carbonyl (C=O) groups excluding carboxylic acids is 1. The van der Waals surface area contributed by atoms with Gasteiger partial charge in [0.1, 0.15) is 5.82 Å². The predicted molar refractivity (Wildman–Crippen MR) is 108 cm³/mol. The number of pyridine rings is 2. The zero-order valence-electron chi connectivity index (χ0n) is 15.1. The van der Waals surface area contributed by atoms with Crippen LogP contribution in [0.4, 0.5) is 17.2 Å². The van der Waals surface area contributed by atoms with E-state index in [4.69, 9.17) is 0 Å². The van der Waals surface area contributed by atoms with Gasteiger partial charge in [-0.3, -0.25) is 9.78 Å². The molecule has 6 nitrogen and oxygen atoms in total. The Morgan fingerprint density at radius 2 is 1.89 bits per heavy atom. The minimum Gasteiger partial charge on any atom is -0.343 e. The van der Waals surface area contributed by atoms with Crippen molar-refractivity contribution < 1.29 is 4.79 Å². The molecule has 4 aromatic rings. The van der Waals surface area contributed by atoms with Crippen molar-refractivity contribution in [2.45, 2.75) is 6.92 Å². The lowest BCUT2D eigenvalue weighted by Crippen LogP contribution is -2.05. The number of amides is 1. The minimum absolute atomic E-state index is 0.0987. The summed E-state index contributed by atoms with van der Waals surface area (Å²) < 4.78 is 2.13. The molecule has 0 saturated carbocycles. The maximum Gasteiger partial charge on any atom is 0.221 e. The highest BCUT2D eigenvalue weighted by Gasteiger charge is 2.09. The smallest absolute Gasteiger partial charge is 0.221 e. The standard InChI is InChI=1S/C21H19N5O/c1-14(27)24-17-6-3-7-18(10-17)25-21-11-20-16(13-23-21)9-19(26(20)2)15-5-4-8-22-12-15/h3-13H,1-2H3,(H,23,25)(H,24,27). The van der Waals surface area contributed by atoms with Crippen LogP contribution < -0.4 is 10.6 Å². The number of hydrogen-bond donors (Lipinski definition) is 2. The van der Waals surface area contributed by atoms with Crippen LogP contribution >= 0.6 is 0 Å². The van der Waals surface area contributed by atoms with Crippen LogP contribution in [0, 0.1) is 0 Å². The average Bonchev–Trinajstić information content (AvgIpc) is 2.99. The van der Waals surface area contributed by atoms with Crippen LogP contribution in [0.15, 0.2) is 67.1 Å². The first kappa shape index (κ1) is 16.8. The number of fused-ring (bicyclic) bond motifs is 1. The van der Waals surface area contributed by atoms with Crippen molar-refractivity contribution in [2.75, 3.05) is 10.6 Å². The molecule has 0 aliphatic carbocycles. The number of aromatic nitrogens is 3.